The van der Waals surface area contributed by atoms with Gasteiger partial charge in [-0.1, -0.05) is 48.3 Å². The molecular formula is C26H28N4O6. The molecule has 1 saturated carbocycles. The molecule has 3 N–H and O–H groups in total. The van der Waals surface area contributed by atoms with Crippen molar-refractivity contribution in [2.45, 2.75) is 45.6 Å². The molecule has 0 aliphatic heterocycles. The molecule has 1 fully saturated rings. The number of rotatable bonds is 7. The number of aliphatic carboxylic acids is 1. The van der Waals surface area contributed by atoms with E-state index in [4.69, 9.17) is 9.26 Å². The summed E-state index contributed by atoms with van der Waals surface area (Å²) in [6.07, 6.45) is 3.00. The van der Waals surface area contributed by atoms with Gasteiger partial charge in [-0.3, -0.25) is 19.9 Å². The third-order valence-corrected chi connectivity index (χ3v) is 6.33. The molecule has 10 nitrogen and oxygen atoms in total. The Hall–Kier alpha value is -4.21. The minimum absolute atomic E-state index is 0.243. The molecule has 3 aromatic rings. The summed E-state index contributed by atoms with van der Waals surface area (Å²) in [5, 5.41) is 18.8. The van der Waals surface area contributed by atoms with Gasteiger partial charge in [0.2, 0.25) is 11.7 Å². The number of benzene rings is 1. The van der Waals surface area contributed by atoms with Gasteiger partial charge in [-0.15, -0.1) is 0 Å². The highest BCUT2D eigenvalue weighted by Crippen LogP contribution is 2.33. The highest BCUT2D eigenvalue weighted by atomic mass is 16.6. The van der Waals surface area contributed by atoms with E-state index >= 15 is 0 Å². The van der Waals surface area contributed by atoms with E-state index in [1.165, 1.54) is 6.20 Å². The molecule has 2 amide bonds. The minimum Gasteiger partial charge on any atom is -0.481 e. The summed E-state index contributed by atoms with van der Waals surface area (Å²) < 4.78 is 10.9. The summed E-state index contributed by atoms with van der Waals surface area (Å²) in [6.45, 7) is 3.46. The number of hydrogen-bond acceptors (Lipinski definition) is 7. The van der Waals surface area contributed by atoms with E-state index in [0.29, 0.717) is 35.6 Å². The number of anilines is 2. The average Bonchev–Trinajstić information content (AvgIpc) is 3.24. The molecule has 0 radical (unpaired) electrons. The van der Waals surface area contributed by atoms with Gasteiger partial charge < -0.3 is 19.7 Å². The van der Waals surface area contributed by atoms with Crippen molar-refractivity contribution >= 4 is 29.3 Å². The number of ether oxygens (including phenoxy) is 1. The van der Waals surface area contributed by atoms with Crippen LogP contribution in [0.25, 0.3) is 11.5 Å². The van der Waals surface area contributed by atoms with Crippen molar-refractivity contribution in [3.8, 4) is 11.5 Å². The van der Waals surface area contributed by atoms with E-state index < -0.39 is 30.0 Å². The smallest absolute Gasteiger partial charge is 0.412 e. The van der Waals surface area contributed by atoms with Crippen molar-refractivity contribution in [2.75, 3.05) is 10.6 Å². The lowest BCUT2D eigenvalue weighted by Gasteiger charge is -2.27. The van der Waals surface area contributed by atoms with Gasteiger partial charge in [0.05, 0.1) is 23.7 Å². The first kappa shape index (κ1) is 24.9. The van der Waals surface area contributed by atoms with Crippen LogP contribution in [0.2, 0.25) is 0 Å². The van der Waals surface area contributed by atoms with Crippen molar-refractivity contribution in [2.24, 2.45) is 11.8 Å². The van der Waals surface area contributed by atoms with Crippen LogP contribution in [-0.4, -0.2) is 33.2 Å². The quantitative estimate of drug-likeness (QED) is 0.409. The first-order valence-corrected chi connectivity index (χ1v) is 11.8. The SMILES string of the molecule is Cc1noc(-c2ccc(NC(=O)[C@H]3CCCC[C@@H]3C(=O)O)cn2)c1NC(=O)O[C@H](C)c1ccccc1. The summed E-state index contributed by atoms with van der Waals surface area (Å²) in [6, 6.07) is 12.6. The van der Waals surface area contributed by atoms with Crippen molar-refractivity contribution in [1.82, 2.24) is 10.1 Å². The molecule has 0 unspecified atom stereocenters. The van der Waals surface area contributed by atoms with E-state index in [1.807, 2.05) is 30.3 Å². The Labute approximate surface area is 208 Å². The second-order valence-electron chi connectivity index (χ2n) is 8.81. The average molecular weight is 493 g/mol. The summed E-state index contributed by atoms with van der Waals surface area (Å²) in [4.78, 5) is 41.1. The van der Waals surface area contributed by atoms with Crippen LogP contribution < -0.4 is 10.6 Å². The number of pyridine rings is 1. The lowest BCUT2D eigenvalue weighted by molar-refractivity contribution is -0.147. The van der Waals surface area contributed by atoms with E-state index in [9.17, 15) is 19.5 Å². The standard InChI is InChI=1S/C26H28N4O6/c1-15-22(29-26(34)35-16(2)17-8-4-3-5-9-17)23(36-30-15)21-13-12-18(14-27-21)28-24(31)19-10-6-7-11-20(19)25(32)33/h3-5,8-9,12-14,16,19-20H,6-7,10-11H2,1-2H3,(H,28,31)(H,29,34)(H,32,33)/t16-,19+,20+/m1/s1. The molecule has 188 valence electrons. The third kappa shape index (κ3) is 5.70. The molecule has 1 aliphatic carbocycles. The largest absolute Gasteiger partial charge is 0.481 e. The number of hydrogen-bond donors (Lipinski definition) is 3. The monoisotopic (exact) mass is 492 g/mol. The zero-order valence-corrected chi connectivity index (χ0v) is 20.1. The second kappa shape index (κ2) is 11.0. The van der Waals surface area contributed by atoms with Crippen LogP contribution in [0.4, 0.5) is 16.2 Å². The molecule has 3 atom stereocenters. The molecule has 0 spiro atoms. The lowest BCUT2D eigenvalue weighted by Crippen LogP contribution is -2.36. The van der Waals surface area contributed by atoms with E-state index in [1.54, 1.807) is 26.0 Å². The van der Waals surface area contributed by atoms with Crippen LogP contribution >= 0.6 is 0 Å². The van der Waals surface area contributed by atoms with Gasteiger partial charge >= 0.3 is 12.1 Å². The van der Waals surface area contributed by atoms with Crippen molar-refractivity contribution in [3.05, 3.63) is 59.9 Å². The van der Waals surface area contributed by atoms with Crippen molar-refractivity contribution in [1.29, 1.82) is 0 Å². The maximum atomic E-state index is 12.7. The number of amides is 2. The van der Waals surface area contributed by atoms with Crippen LogP contribution in [0.3, 0.4) is 0 Å². The molecule has 0 bridgehead atoms. The predicted octanol–water partition coefficient (Wildman–Crippen LogP) is 5.18. The Morgan fingerprint density at radius 3 is 2.44 bits per heavy atom. The first-order chi connectivity index (χ1) is 17.3. The molecule has 4 rings (SSSR count). The van der Waals surface area contributed by atoms with Crippen molar-refractivity contribution in [3.63, 3.8) is 0 Å². The predicted molar refractivity (Wildman–Crippen MR) is 131 cm³/mol. The molecule has 36 heavy (non-hydrogen) atoms. The van der Waals surface area contributed by atoms with Gasteiger partial charge in [-0.2, -0.15) is 0 Å². The van der Waals surface area contributed by atoms with Gasteiger partial charge in [-0.25, -0.2) is 4.79 Å². The maximum absolute atomic E-state index is 12.7. The number of aromatic nitrogens is 2. The number of carboxylic acids is 1. The Morgan fingerprint density at radius 2 is 1.78 bits per heavy atom. The summed E-state index contributed by atoms with van der Waals surface area (Å²) in [5.74, 6) is -2.28. The van der Waals surface area contributed by atoms with Crippen LogP contribution in [0.1, 0.15) is 50.0 Å². The fourth-order valence-corrected chi connectivity index (χ4v) is 4.35. The minimum atomic E-state index is -0.944. The zero-order chi connectivity index (χ0) is 25.7. The number of carbonyl (C=O) groups excluding carboxylic acids is 2. The number of aryl methyl sites for hydroxylation is 1. The zero-order valence-electron chi connectivity index (χ0n) is 20.1. The van der Waals surface area contributed by atoms with Crippen LogP contribution in [-0.2, 0) is 14.3 Å². The van der Waals surface area contributed by atoms with Gasteiger partial charge in [0.25, 0.3) is 0 Å². The maximum Gasteiger partial charge on any atom is 0.412 e. The lowest BCUT2D eigenvalue weighted by atomic mass is 9.78. The molecule has 10 heteroatoms. The molecule has 1 aliphatic rings. The number of nitrogens with zero attached hydrogens (tertiary/aromatic N) is 2. The number of carboxylic acid groups (broad SMARTS) is 1. The Morgan fingerprint density at radius 1 is 1.06 bits per heavy atom. The van der Waals surface area contributed by atoms with Gasteiger partial charge in [0, 0.05) is 0 Å². The van der Waals surface area contributed by atoms with Gasteiger partial charge in [-0.05, 0) is 44.4 Å². The Kier molecular flexibility index (Phi) is 7.62. The van der Waals surface area contributed by atoms with E-state index in [0.717, 1.165) is 18.4 Å². The fourth-order valence-electron chi connectivity index (χ4n) is 4.35. The number of carbonyl (C=O) groups is 3. The molecule has 0 saturated heterocycles. The van der Waals surface area contributed by atoms with Gasteiger partial charge in [0.15, 0.2) is 0 Å². The Bertz CT molecular complexity index is 1220. The van der Waals surface area contributed by atoms with Crippen molar-refractivity contribution < 1.29 is 28.8 Å². The van der Waals surface area contributed by atoms with E-state index in [2.05, 4.69) is 20.8 Å². The van der Waals surface area contributed by atoms with E-state index in [-0.39, 0.29) is 11.7 Å². The highest BCUT2D eigenvalue weighted by Gasteiger charge is 2.35. The summed E-state index contributed by atoms with van der Waals surface area (Å²) in [5.41, 5.74) is 2.46. The first-order valence-electron chi connectivity index (χ1n) is 11.8. The fraction of sp³-hybridized carbons (Fsp3) is 0.346. The van der Waals surface area contributed by atoms with Crippen LogP contribution in [0.15, 0.2) is 53.2 Å². The highest BCUT2D eigenvalue weighted by molar-refractivity contribution is 5.95. The molecule has 2 aromatic heterocycles. The summed E-state index contributed by atoms with van der Waals surface area (Å²) in [7, 11) is 0. The van der Waals surface area contributed by atoms with Gasteiger partial charge in [0.1, 0.15) is 23.2 Å². The van der Waals surface area contributed by atoms with Crippen LogP contribution in [0.5, 0.6) is 0 Å². The third-order valence-electron chi connectivity index (χ3n) is 6.33. The van der Waals surface area contributed by atoms with Crippen LogP contribution in [0, 0.1) is 18.8 Å². The molecular weight excluding hydrogens is 464 g/mol. The summed E-state index contributed by atoms with van der Waals surface area (Å²) >= 11 is 0. The Balaban J connectivity index is 1.42. The molecule has 2 heterocycles. The number of nitrogens with one attached hydrogen (secondary N) is 2. The topological polar surface area (TPSA) is 144 Å². The second-order valence-corrected chi connectivity index (χ2v) is 8.81. The normalized spacial score (nSPS) is 18.2. The molecule has 1 aromatic carbocycles.